The van der Waals surface area contributed by atoms with Crippen molar-refractivity contribution in [3.05, 3.63) is 117 Å². The lowest BCUT2D eigenvalue weighted by atomic mass is 9.84. The Kier molecular flexibility index (Phi) is 17.1. The number of thioether (sulfide) groups is 2. The molecular weight excluding hydrogens is 1080 g/mol. The number of amides is 1. The molecule has 2 aliphatic heterocycles. The van der Waals surface area contributed by atoms with E-state index in [-0.39, 0.29) is 62.8 Å². The molecule has 2 fully saturated rings. The second kappa shape index (κ2) is 22.3. The molecule has 406 valence electrons. The SMILES string of the molecule is CC(C)C(=O)[C@]12C[C@H]1[C@@](C)(c1cc(/C=C(/F)c3ccc(Cl)cn3)cnc1F)N=C(N)S2.COC(=O)[C@]12C[C@H]1[C@@](C)(c1cc(/C=C(/F)c3ccc(Cl)cn3)cnc1F)N=C(N(COCC[Si](C)(C)C)C(=O)OC(C)(C)C)S2. The van der Waals surface area contributed by atoms with Crippen molar-refractivity contribution in [3.63, 3.8) is 0 Å². The summed E-state index contributed by atoms with van der Waals surface area (Å²) in [4.78, 5) is 65.9. The van der Waals surface area contributed by atoms with Gasteiger partial charge in [0.2, 0.25) is 11.9 Å². The number of ether oxygens (including phenoxy) is 3. The molecule has 0 unspecified atom stereocenters. The molecule has 8 rings (SSSR count). The van der Waals surface area contributed by atoms with Gasteiger partial charge in [-0.2, -0.15) is 8.78 Å². The van der Waals surface area contributed by atoms with Crippen molar-refractivity contribution in [3.8, 4) is 0 Å². The lowest BCUT2D eigenvalue weighted by molar-refractivity contribution is -0.141. The molecule has 0 saturated heterocycles. The summed E-state index contributed by atoms with van der Waals surface area (Å²) >= 11 is 14.0. The zero-order valence-electron chi connectivity index (χ0n) is 43.9. The zero-order chi connectivity index (χ0) is 55.9. The van der Waals surface area contributed by atoms with Crippen LogP contribution in [0.3, 0.4) is 0 Å². The number of pyridine rings is 4. The van der Waals surface area contributed by atoms with Crippen LogP contribution in [-0.4, -0.2) is 96.6 Å². The number of nitrogens with two attached hydrogens (primary N) is 1. The molecule has 0 spiro atoms. The van der Waals surface area contributed by atoms with E-state index in [0.29, 0.717) is 35.1 Å². The number of aliphatic imine (C=N–C) groups is 2. The molecule has 0 bridgehead atoms. The molecule has 4 aliphatic rings. The fourth-order valence-corrected chi connectivity index (χ4v) is 13.3. The molecule has 14 nitrogen and oxygen atoms in total. The van der Waals surface area contributed by atoms with Crippen molar-refractivity contribution in [1.82, 2.24) is 24.8 Å². The van der Waals surface area contributed by atoms with Gasteiger partial charge in [-0.1, -0.05) is 80.2 Å². The summed E-state index contributed by atoms with van der Waals surface area (Å²) in [6, 6.07) is 9.72. The highest BCUT2D eigenvalue weighted by Crippen LogP contribution is 2.68. The Morgan fingerprint density at radius 2 is 1.32 bits per heavy atom. The minimum Gasteiger partial charge on any atom is -0.468 e. The van der Waals surface area contributed by atoms with Gasteiger partial charge >= 0.3 is 12.1 Å². The third-order valence-corrected chi connectivity index (χ3v) is 18.2. The lowest BCUT2D eigenvalue weighted by Crippen LogP contribution is -2.47. The normalized spacial score (nSPS) is 25.0. The Morgan fingerprint density at radius 1 is 0.816 bits per heavy atom. The maximum atomic E-state index is 15.6. The number of fused-ring (bicyclic) bond motifs is 2. The number of nitrogens with zero attached hydrogens (tertiary/aromatic N) is 7. The van der Waals surface area contributed by atoms with Crippen molar-refractivity contribution >= 4 is 107 Å². The van der Waals surface area contributed by atoms with E-state index >= 15 is 8.78 Å². The van der Waals surface area contributed by atoms with Crippen LogP contribution in [0.2, 0.25) is 35.7 Å². The summed E-state index contributed by atoms with van der Waals surface area (Å²) < 4.78 is 75.2. The molecule has 2 saturated carbocycles. The number of aromatic nitrogens is 4. The highest BCUT2D eigenvalue weighted by Gasteiger charge is 2.73. The average Bonchev–Trinajstić information content (AvgIpc) is 4.27. The van der Waals surface area contributed by atoms with Gasteiger partial charge in [0.25, 0.3) is 0 Å². The van der Waals surface area contributed by atoms with E-state index in [1.165, 1.54) is 97.1 Å². The highest BCUT2D eigenvalue weighted by molar-refractivity contribution is 8.16. The van der Waals surface area contributed by atoms with E-state index in [9.17, 15) is 23.2 Å². The van der Waals surface area contributed by atoms with Crippen LogP contribution in [0.25, 0.3) is 23.8 Å². The molecule has 2 aliphatic carbocycles. The largest absolute Gasteiger partial charge is 0.468 e. The van der Waals surface area contributed by atoms with Gasteiger partial charge in [-0.3, -0.25) is 29.5 Å². The number of carbonyl (C=O) groups is 3. The maximum Gasteiger partial charge on any atom is 0.418 e. The molecule has 4 aromatic heterocycles. The Bertz CT molecular complexity index is 3040. The van der Waals surface area contributed by atoms with Crippen molar-refractivity contribution in [2.75, 3.05) is 20.4 Å². The second-order valence-corrected chi connectivity index (χ2v) is 31.0. The van der Waals surface area contributed by atoms with Crippen molar-refractivity contribution < 1.29 is 46.2 Å². The highest BCUT2D eigenvalue weighted by atomic mass is 35.5. The molecule has 6 atom stereocenters. The molecule has 4 aromatic rings. The Labute approximate surface area is 459 Å². The number of Topliss-reactive ketones (excluding diaryl/α,β-unsaturated/α-hetero) is 1. The first-order valence-corrected chi connectivity index (χ1v) is 30.4. The van der Waals surface area contributed by atoms with Crippen LogP contribution in [0.4, 0.5) is 22.4 Å². The topological polar surface area (TPSA) is 184 Å². The number of esters is 1. The van der Waals surface area contributed by atoms with Gasteiger partial charge in [0.1, 0.15) is 28.7 Å². The minimum atomic E-state index is -1.43. The molecule has 6 heterocycles. The van der Waals surface area contributed by atoms with Crippen LogP contribution in [0.1, 0.15) is 94.9 Å². The van der Waals surface area contributed by atoms with Crippen molar-refractivity contribution in [2.45, 2.75) is 113 Å². The number of halogens is 6. The van der Waals surface area contributed by atoms with E-state index in [0.717, 1.165) is 17.8 Å². The Hall–Kier alpha value is -5.19. The molecule has 23 heteroatoms. The molecule has 76 heavy (non-hydrogen) atoms. The summed E-state index contributed by atoms with van der Waals surface area (Å²) in [6.07, 6.45) is 7.62. The van der Waals surface area contributed by atoms with Gasteiger partial charge < -0.3 is 19.9 Å². The summed E-state index contributed by atoms with van der Waals surface area (Å²) in [7, 11) is -0.152. The van der Waals surface area contributed by atoms with E-state index in [2.05, 4.69) is 44.6 Å². The van der Waals surface area contributed by atoms with Gasteiger partial charge in [0.15, 0.2) is 16.1 Å². The van der Waals surface area contributed by atoms with Gasteiger partial charge in [-0.05, 0) is 113 Å². The first kappa shape index (κ1) is 58.5. The van der Waals surface area contributed by atoms with Crippen LogP contribution in [0, 0.1) is 29.6 Å². The first-order valence-electron chi connectivity index (χ1n) is 24.3. The summed E-state index contributed by atoms with van der Waals surface area (Å²) in [6.45, 7) is 19.2. The van der Waals surface area contributed by atoms with Gasteiger partial charge in [-0.25, -0.2) is 28.4 Å². The van der Waals surface area contributed by atoms with E-state index < -0.39 is 75.8 Å². The predicted octanol–water partition coefficient (Wildman–Crippen LogP) is 12.5. The fraction of sp³-hybridized carbons (Fsp3) is 0.453. The zero-order valence-corrected chi connectivity index (χ0v) is 48.1. The number of ketones is 1. The van der Waals surface area contributed by atoms with Crippen molar-refractivity contribution in [2.24, 2.45) is 33.5 Å². The summed E-state index contributed by atoms with van der Waals surface area (Å²) in [5.41, 5.74) is 3.73. The van der Waals surface area contributed by atoms with Crippen LogP contribution >= 0.6 is 46.7 Å². The predicted molar refractivity (Wildman–Crippen MR) is 294 cm³/mol. The third-order valence-electron chi connectivity index (χ3n) is 13.3. The van der Waals surface area contributed by atoms with E-state index in [1.54, 1.807) is 34.6 Å². The fourth-order valence-electron chi connectivity index (χ4n) is 9.17. The number of hydrogen-bond acceptors (Lipinski definition) is 15. The van der Waals surface area contributed by atoms with Crippen LogP contribution in [-0.2, 0) is 34.9 Å². The smallest absolute Gasteiger partial charge is 0.418 e. The van der Waals surface area contributed by atoms with Gasteiger partial charge in [-0.15, -0.1) is 0 Å². The second-order valence-electron chi connectivity index (χ2n) is 21.8. The Morgan fingerprint density at radius 3 is 1.78 bits per heavy atom. The number of hydrogen-bond donors (Lipinski definition) is 1. The number of amidine groups is 2. The average molecular weight is 1140 g/mol. The molecule has 1 amide bonds. The minimum absolute atomic E-state index is 0.0329. The quantitative estimate of drug-likeness (QED) is 0.0314. The number of methoxy groups -OCH3 is 1. The Balaban J connectivity index is 0.000000236. The van der Waals surface area contributed by atoms with E-state index in [1.807, 2.05) is 13.8 Å². The molecule has 0 radical (unpaired) electrons. The lowest BCUT2D eigenvalue weighted by Gasteiger charge is -2.37. The molecule has 0 aromatic carbocycles. The third kappa shape index (κ3) is 12.7. The van der Waals surface area contributed by atoms with Crippen LogP contribution in [0.15, 0.2) is 71.2 Å². The number of carbonyl (C=O) groups excluding carboxylic acids is 3. The standard InChI is InChI=1S/C31H39ClF2N4O5SSi.C22H21ClF2N4OS/c1-29(2,3)43-28(40)38(18-42-11-12-45(6,7)8)27-37-30(4,24-15-31(24,44-27)26(39)41-5)21-13-19(16-36-25(21)34)14-22(33)23-10-9-20(32)17-35-23;1-11(2)18(30)22-8-17(22)21(3,29-20(26)31-22)14-6-12(9-28-19(14)25)7-15(24)16-5-4-13(23)10-27-16/h9-10,13-14,16-17,24H,11-12,15,18H2,1-8H3;4-7,9-11,17H,8H2,1-3H3,(H2,26,29)/b22-14+;15-7+/t24-,30+,31-;17-,21+,22-/m00/s1. The first-order chi connectivity index (χ1) is 35.4. The van der Waals surface area contributed by atoms with Crippen LogP contribution < -0.4 is 5.73 Å². The van der Waals surface area contributed by atoms with E-state index in [4.69, 9.17) is 48.1 Å². The van der Waals surface area contributed by atoms with Crippen molar-refractivity contribution in [1.29, 1.82) is 0 Å². The van der Waals surface area contributed by atoms with Gasteiger partial charge in [0.05, 0.1) is 44.4 Å². The summed E-state index contributed by atoms with van der Waals surface area (Å²) in [5.74, 6) is -4.18. The molecular formula is C53H60Cl2F4N8O6S2Si. The van der Waals surface area contributed by atoms with Gasteiger partial charge in [0, 0.05) is 68.3 Å². The maximum absolute atomic E-state index is 15.6. The molecule has 2 N–H and O–H groups in total. The monoisotopic (exact) mass is 1140 g/mol. The summed E-state index contributed by atoms with van der Waals surface area (Å²) in [5, 5.41) is 1.11. The van der Waals surface area contributed by atoms with Crippen LogP contribution in [0.5, 0.6) is 0 Å². The number of rotatable bonds is 14.